The minimum absolute atomic E-state index is 0.203. The SMILES string of the molecule is Fc1ccc(Nc2cnnc(N3CCCCCC3)n2)c(F)c1F. The summed E-state index contributed by atoms with van der Waals surface area (Å²) in [4.78, 5) is 6.31. The summed E-state index contributed by atoms with van der Waals surface area (Å²) < 4.78 is 39.9. The van der Waals surface area contributed by atoms with Crippen LogP contribution in [0.3, 0.4) is 0 Å². The summed E-state index contributed by atoms with van der Waals surface area (Å²) >= 11 is 0. The van der Waals surface area contributed by atoms with Gasteiger partial charge in [-0.3, -0.25) is 0 Å². The zero-order valence-corrected chi connectivity index (χ0v) is 12.4. The first kappa shape index (κ1) is 15.5. The first-order chi connectivity index (χ1) is 11.1. The van der Waals surface area contributed by atoms with Crippen molar-refractivity contribution in [2.75, 3.05) is 23.3 Å². The molecule has 3 rings (SSSR count). The molecule has 5 nitrogen and oxygen atoms in total. The predicted octanol–water partition coefficient (Wildman–Crippen LogP) is 3.41. The molecule has 122 valence electrons. The quantitative estimate of drug-likeness (QED) is 0.877. The Morgan fingerprint density at radius 1 is 0.957 bits per heavy atom. The van der Waals surface area contributed by atoms with E-state index in [0.717, 1.165) is 38.1 Å². The largest absolute Gasteiger partial charge is 0.339 e. The number of halogens is 3. The van der Waals surface area contributed by atoms with Crippen LogP contribution < -0.4 is 10.2 Å². The molecule has 0 unspecified atom stereocenters. The van der Waals surface area contributed by atoms with Gasteiger partial charge in [-0.05, 0) is 25.0 Å². The molecule has 0 atom stereocenters. The van der Waals surface area contributed by atoms with Crippen molar-refractivity contribution >= 4 is 17.5 Å². The van der Waals surface area contributed by atoms with Crippen LogP contribution in [0, 0.1) is 17.5 Å². The van der Waals surface area contributed by atoms with E-state index in [1.54, 1.807) is 0 Å². The van der Waals surface area contributed by atoms with Gasteiger partial charge >= 0.3 is 0 Å². The lowest BCUT2D eigenvalue weighted by Gasteiger charge is -2.19. The van der Waals surface area contributed by atoms with E-state index in [1.807, 2.05) is 4.90 Å². The van der Waals surface area contributed by atoms with Crippen LogP contribution in [-0.2, 0) is 0 Å². The molecular formula is C15H16F3N5. The molecule has 1 fully saturated rings. The van der Waals surface area contributed by atoms with Crippen LogP contribution in [0.1, 0.15) is 25.7 Å². The van der Waals surface area contributed by atoms with Gasteiger partial charge in [0.1, 0.15) is 0 Å². The van der Waals surface area contributed by atoms with E-state index in [-0.39, 0.29) is 11.5 Å². The van der Waals surface area contributed by atoms with E-state index in [1.165, 1.54) is 19.0 Å². The second-order valence-corrected chi connectivity index (χ2v) is 5.39. The second-order valence-electron chi connectivity index (χ2n) is 5.39. The Bertz CT molecular complexity index is 687. The topological polar surface area (TPSA) is 53.9 Å². The fourth-order valence-corrected chi connectivity index (χ4v) is 2.52. The summed E-state index contributed by atoms with van der Waals surface area (Å²) in [6.07, 6.45) is 5.75. The highest BCUT2D eigenvalue weighted by molar-refractivity contribution is 5.57. The molecule has 0 amide bonds. The Kier molecular flexibility index (Phi) is 4.59. The monoisotopic (exact) mass is 323 g/mol. The smallest absolute Gasteiger partial charge is 0.247 e. The average Bonchev–Trinajstić information content (AvgIpc) is 2.85. The van der Waals surface area contributed by atoms with Gasteiger partial charge in [0.05, 0.1) is 11.9 Å². The van der Waals surface area contributed by atoms with Crippen LogP contribution in [0.2, 0.25) is 0 Å². The van der Waals surface area contributed by atoms with Crippen LogP contribution >= 0.6 is 0 Å². The van der Waals surface area contributed by atoms with E-state index in [2.05, 4.69) is 20.5 Å². The first-order valence-electron chi connectivity index (χ1n) is 7.50. The molecule has 2 heterocycles. The Labute approximate surface area is 131 Å². The average molecular weight is 323 g/mol. The lowest BCUT2D eigenvalue weighted by molar-refractivity contribution is 0.449. The summed E-state index contributed by atoms with van der Waals surface area (Å²) in [7, 11) is 0. The third-order valence-corrected chi connectivity index (χ3v) is 3.73. The van der Waals surface area contributed by atoms with Crippen molar-refractivity contribution in [3.05, 3.63) is 35.8 Å². The van der Waals surface area contributed by atoms with Gasteiger partial charge in [0.15, 0.2) is 23.3 Å². The third kappa shape index (κ3) is 3.52. The highest BCUT2D eigenvalue weighted by Crippen LogP contribution is 2.23. The van der Waals surface area contributed by atoms with E-state index in [9.17, 15) is 13.2 Å². The molecule has 1 aliphatic rings. The summed E-state index contributed by atoms with van der Waals surface area (Å²) in [5.41, 5.74) is -0.203. The van der Waals surface area contributed by atoms with Crippen molar-refractivity contribution < 1.29 is 13.2 Å². The number of anilines is 3. The number of nitrogens with zero attached hydrogens (tertiary/aromatic N) is 4. The molecule has 1 aromatic carbocycles. The van der Waals surface area contributed by atoms with Crippen LogP contribution in [0.25, 0.3) is 0 Å². The van der Waals surface area contributed by atoms with E-state index in [4.69, 9.17) is 0 Å². The summed E-state index contributed by atoms with van der Waals surface area (Å²) in [6.45, 7) is 1.68. The van der Waals surface area contributed by atoms with Crippen molar-refractivity contribution in [2.45, 2.75) is 25.7 Å². The van der Waals surface area contributed by atoms with Crippen molar-refractivity contribution in [3.8, 4) is 0 Å². The fourth-order valence-electron chi connectivity index (χ4n) is 2.52. The molecule has 1 N–H and O–H groups in total. The van der Waals surface area contributed by atoms with Gasteiger partial charge in [0.25, 0.3) is 0 Å². The summed E-state index contributed by atoms with van der Waals surface area (Å²) in [5.74, 6) is -3.38. The zero-order chi connectivity index (χ0) is 16.2. The van der Waals surface area contributed by atoms with Crippen LogP contribution in [-0.4, -0.2) is 28.3 Å². The maximum Gasteiger partial charge on any atom is 0.247 e. The maximum absolute atomic E-state index is 13.7. The minimum atomic E-state index is -1.52. The van der Waals surface area contributed by atoms with Crippen molar-refractivity contribution in [2.24, 2.45) is 0 Å². The number of hydrogen-bond acceptors (Lipinski definition) is 5. The Balaban J connectivity index is 1.81. The summed E-state index contributed by atoms with van der Waals surface area (Å²) in [6, 6.07) is 1.96. The minimum Gasteiger partial charge on any atom is -0.339 e. The lowest BCUT2D eigenvalue weighted by atomic mass is 10.2. The number of hydrogen-bond donors (Lipinski definition) is 1. The maximum atomic E-state index is 13.7. The van der Waals surface area contributed by atoms with E-state index >= 15 is 0 Å². The molecule has 2 aromatic rings. The van der Waals surface area contributed by atoms with Crippen molar-refractivity contribution in [3.63, 3.8) is 0 Å². The fraction of sp³-hybridized carbons (Fsp3) is 0.400. The highest BCUT2D eigenvalue weighted by atomic mass is 19.2. The summed E-state index contributed by atoms with van der Waals surface area (Å²) in [5, 5.41) is 10.5. The van der Waals surface area contributed by atoms with Crippen LogP contribution in [0.15, 0.2) is 18.3 Å². The Morgan fingerprint density at radius 2 is 1.70 bits per heavy atom. The number of aromatic nitrogens is 3. The van der Waals surface area contributed by atoms with Crippen LogP contribution in [0.5, 0.6) is 0 Å². The van der Waals surface area contributed by atoms with Crippen molar-refractivity contribution in [1.82, 2.24) is 15.2 Å². The molecule has 0 aliphatic carbocycles. The first-order valence-corrected chi connectivity index (χ1v) is 7.50. The molecule has 0 radical (unpaired) electrons. The molecule has 1 saturated heterocycles. The standard InChI is InChI=1S/C15H16F3N5/c16-10-5-6-11(14(18)13(10)17)20-12-9-19-22-15(21-12)23-7-3-1-2-4-8-23/h5-6,9H,1-4,7-8H2,(H,20,21,22). The lowest BCUT2D eigenvalue weighted by Crippen LogP contribution is -2.26. The molecule has 1 aromatic heterocycles. The van der Waals surface area contributed by atoms with Gasteiger partial charge in [0, 0.05) is 13.1 Å². The molecule has 23 heavy (non-hydrogen) atoms. The van der Waals surface area contributed by atoms with Gasteiger partial charge in [-0.15, -0.1) is 5.10 Å². The molecule has 0 saturated carbocycles. The second kappa shape index (κ2) is 6.80. The molecule has 8 heteroatoms. The van der Waals surface area contributed by atoms with E-state index < -0.39 is 17.5 Å². The molecule has 0 spiro atoms. The number of nitrogens with one attached hydrogen (secondary N) is 1. The van der Waals surface area contributed by atoms with Gasteiger partial charge in [0.2, 0.25) is 5.95 Å². The van der Waals surface area contributed by atoms with Gasteiger partial charge < -0.3 is 10.2 Å². The Morgan fingerprint density at radius 3 is 2.43 bits per heavy atom. The number of rotatable bonds is 3. The predicted molar refractivity (Wildman–Crippen MR) is 80.1 cm³/mol. The van der Waals surface area contributed by atoms with Gasteiger partial charge in [-0.2, -0.15) is 10.1 Å². The zero-order valence-electron chi connectivity index (χ0n) is 12.4. The third-order valence-electron chi connectivity index (χ3n) is 3.73. The molecular weight excluding hydrogens is 307 g/mol. The van der Waals surface area contributed by atoms with E-state index in [0.29, 0.717) is 5.95 Å². The Hall–Kier alpha value is -2.38. The molecule has 0 bridgehead atoms. The highest BCUT2D eigenvalue weighted by Gasteiger charge is 2.16. The molecule has 1 aliphatic heterocycles. The number of benzene rings is 1. The normalized spacial score (nSPS) is 15.3. The van der Waals surface area contributed by atoms with Gasteiger partial charge in [-0.25, -0.2) is 13.2 Å². The van der Waals surface area contributed by atoms with Crippen LogP contribution in [0.4, 0.5) is 30.6 Å². The van der Waals surface area contributed by atoms with Crippen molar-refractivity contribution in [1.29, 1.82) is 0 Å². The van der Waals surface area contributed by atoms with Gasteiger partial charge in [-0.1, -0.05) is 12.8 Å².